The summed E-state index contributed by atoms with van der Waals surface area (Å²) in [5.41, 5.74) is 0.988. The Morgan fingerprint density at radius 2 is 2.30 bits per heavy atom. The third-order valence-electron chi connectivity index (χ3n) is 3.63. The molecule has 0 aromatic heterocycles. The number of piperidine rings is 1. The van der Waals surface area contributed by atoms with Gasteiger partial charge in [-0.25, -0.2) is 4.39 Å². The standard InChI is InChI=1S/C16H22FNO2/c1-3-9-20-14-5-4-8-18(11-14)16-7-6-13(12(2)19)10-15(16)17/h6-7,10,14H,3-5,8-9,11H2,1-2H3. The molecule has 1 atom stereocenters. The molecule has 1 aliphatic heterocycles. The number of carbonyl (C=O) groups excluding carboxylic acids is 1. The Bertz CT molecular complexity index is 476. The van der Waals surface area contributed by atoms with Gasteiger partial charge in [-0.2, -0.15) is 0 Å². The minimum Gasteiger partial charge on any atom is -0.376 e. The molecule has 4 heteroatoms. The lowest BCUT2D eigenvalue weighted by molar-refractivity contribution is 0.0439. The molecule has 1 unspecified atom stereocenters. The Morgan fingerprint density at radius 3 is 2.95 bits per heavy atom. The molecule has 0 spiro atoms. The quantitative estimate of drug-likeness (QED) is 0.773. The van der Waals surface area contributed by atoms with Gasteiger partial charge in [-0.15, -0.1) is 0 Å². The molecule has 1 aliphatic rings. The first-order chi connectivity index (χ1) is 9.61. The summed E-state index contributed by atoms with van der Waals surface area (Å²) in [6.07, 6.45) is 3.21. The Labute approximate surface area is 119 Å². The van der Waals surface area contributed by atoms with Crippen LogP contribution in [0.4, 0.5) is 10.1 Å². The molecule has 1 aromatic carbocycles. The van der Waals surface area contributed by atoms with Crippen LogP contribution in [-0.2, 0) is 4.74 Å². The Balaban J connectivity index is 2.08. The Morgan fingerprint density at radius 1 is 1.50 bits per heavy atom. The van der Waals surface area contributed by atoms with Crippen molar-refractivity contribution in [3.05, 3.63) is 29.6 Å². The average Bonchev–Trinajstić information content (AvgIpc) is 2.45. The molecule has 1 aromatic rings. The van der Waals surface area contributed by atoms with Crippen LogP contribution in [0.5, 0.6) is 0 Å². The fourth-order valence-corrected chi connectivity index (χ4v) is 2.56. The van der Waals surface area contributed by atoms with Crippen LogP contribution in [0, 0.1) is 5.82 Å². The molecule has 1 fully saturated rings. The molecule has 0 amide bonds. The summed E-state index contributed by atoms with van der Waals surface area (Å²) < 4.78 is 19.9. The van der Waals surface area contributed by atoms with Crippen LogP contribution in [0.2, 0.25) is 0 Å². The predicted molar refractivity (Wildman–Crippen MR) is 77.9 cm³/mol. The van der Waals surface area contributed by atoms with Gasteiger partial charge >= 0.3 is 0 Å². The van der Waals surface area contributed by atoms with E-state index in [0.29, 0.717) is 11.3 Å². The number of benzene rings is 1. The van der Waals surface area contributed by atoms with Gasteiger partial charge in [0.25, 0.3) is 0 Å². The van der Waals surface area contributed by atoms with Crippen LogP contribution in [0.3, 0.4) is 0 Å². The van der Waals surface area contributed by atoms with Crippen molar-refractivity contribution in [3.8, 4) is 0 Å². The second-order valence-electron chi connectivity index (χ2n) is 5.30. The average molecular weight is 279 g/mol. The highest BCUT2D eigenvalue weighted by Crippen LogP contribution is 2.25. The van der Waals surface area contributed by atoms with E-state index >= 15 is 0 Å². The molecular formula is C16H22FNO2. The molecule has 0 saturated carbocycles. The maximum atomic E-state index is 14.1. The minimum atomic E-state index is -0.325. The summed E-state index contributed by atoms with van der Waals surface area (Å²) in [7, 11) is 0. The minimum absolute atomic E-state index is 0.113. The lowest BCUT2D eigenvalue weighted by atomic mass is 10.1. The van der Waals surface area contributed by atoms with Gasteiger partial charge in [-0.1, -0.05) is 6.92 Å². The van der Waals surface area contributed by atoms with Crippen molar-refractivity contribution in [2.24, 2.45) is 0 Å². The van der Waals surface area contributed by atoms with E-state index in [1.54, 1.807) is 12.1 Å². The largest absolute Gasteiger partial charge is 0.376 e. The normalized spacial score (nSPS) is 19.1. The van der Waals surface area contributed by atoms with E-state index in [1.165, 1.54) is 13.0 Å². The number of anilines is 1. The first-order valence-corrected chi connectivity index (χ1v) is 7.29. The number of Topliss-reactive ketones (excluding diaryl/α,β-unsaturated/α-hetero) is 1. The maximum Gasteiger partial charge on any atom is 0.159 e. The molecule has 1 saturated heterocycles. The van der Waals surface area contributed by atoms with Crippen LogP contribution in [0.25, 0.3) is 0 Å². The maximum absolute atomic E-state index is 14.1. The molecule has 110 valence electrons. The van der Waals surface area contributed by atoms with Crippen molar-refractivity contribution in [2.45, 2.75) is 39.2 Å². The number of halogens is 1. The molecule has 0 aliphatic carbocycles. The van der Waals surface area contributed by atoms with Gasteiger partial charge in [-0.05, 0) is 44.4 Å². The first kappa shape index (κ1) is 15.0. The van der Waals surface area contributed by atoms with Crippen molar-refractivity contribution >= 4 is 11.5 Å². The Kier molecular flexibility index (Phi) is 5.12. The van der Waals surface area contributed by atoms with E-state index < -0.39 is 0 Å². The molecular weight excluding hydrogens is 257 g/mol. The third-order valence-corrected chi connectivity index (χ3v) is 3.63. The predicted octanol–water partition coefficient (Wildman–Crippen LogP) is 3.42. The number of hydrogen-bond donors (Lipinski definition) is 0. The number of rotatable bonds is 5. The highest BCUT2D eigenvalue weighted by molar-refractivity contribution is 5.94. The van der Waals surface area contributed by atoms with Crippen LogP contribution >= 0.6 is 0 Å². The van der Waals surface area contributed by atoms with Crippen LogP contribution in [0.1, 0.15) is 43.5 Å². The van der Waals surface area contributed by atoms with E-state index in [0.717, 1.165) is 39.0 Å². The summed E-state index contributed by atoms with van der Waals surface area (Å²) >= 11 is 0. The summed E-state index contributed by atoms with van der Waals surface area (Å²) in [5, 5.41) is 0. The summed E-state index contributed by atoms with van der Waals surface area (Å²) in [4.78, 5) is 13.3. The molecule has 1 heterocycles. The molecule has 3 nitrogen and oxygen atoms in total. The van der Waals surface area contributed by atoms with Crippen molar-refractivity contribution < 1.29 is 13.9 Å². The molecule has 2 rings (SSSR count). The van der Waals surface area contributed by atoms with Gasteiger partial charge in [0.1, 0.15) is 5.82 Å². The zero-order valence-corrected chi connectivity index (χ0v) is 12.2. The van der Waals surface area contributed by atoms with Gasteiger partial charge < -0.3 is 9.64 Å². The summed E-state index contributed by atoms with van der Waals surface area (Å²) in [6.45, 7) is 5.84. The zero-order valence-electron chi connectivity index (χ0n) is 12.2. The van der Waals surface area contributed by atoms with Crippen LogP contribution in [-0.4, -0.2) is 31.6 Å². The van der Waals surface area contributed by atoms with Crippen molar-refractivity contribution in [1.29, 1.82) is 0 Å². The van der Waals surface area contributed by atoms with Crippen molar-refractivity contribution in [3.63, 3.8) is 0 Å². The second-order valence-corrected chi connectivity index (χ2v) is 5.30. The van der Waals surface area contributed by atoms with E-state index in [2.05, 4.69) is 6.92 Å². The van der Waals surface area contributed by atoms with Gasteiger partial charge in [0.2, 0.25) is 0 Å². The summed E-state index contributed by atoms with van der Waals surface area (Å²) in [6, 6.07) is 4.72. The van der Waals surface area contributed by atoms with E-state index in [-0.39, 0.29) is 17.7 Å². The second kappa shape index (κ2) is 6.84. The van der Waals surface area contributed by atoms with E-state index in [1.807, 2.05) is 4.90 Å². The van der Waals surface area contributed by atoms with Crippen molar-refractivity contribution in [1.82, 2.24) is 0 Å². The number of ether oxygens (including phenoxy) is 1. The van der Waals surface area contributed by atoms with E-state index in [4.69, 9.17) is 4.74 Å². The number of hydrogen-bond acceptors (Lipinski definition) is 3. The highest BCUT2D eigenvalue weighted by Gasteiger charge is 2.22. The molecule has 20 heavy (non-hydrogen) atoms. The number of ketones is 1. The Hall–Kier alpha value is -1.42. The third kappa shape index (κ3) is 3.57. The van der Waals surface area contributed by atoms with Gasteiger partial charge in [0.05, 0.1) is 11.8 Å². The highest BCUT2D eigenvalue weighted by atomic mass is 19.1. The summed E-state index contributed by atoms with van der Waals surface area (Å²) in [5.74, 6) is -0.438. The number of nitrogens with zero attached hydrogens (tertiary/aromatic N) is 1. The topological polar surface area (TPSA) is 29.5 Å². The lowest BCUT2D eigenvalue weighted by Crippen LogP contribution is -2.40. The fourth-order valence-electron chi connectivity index (χ4n) is 2.56. The molecule has 0 radical (unpaired) electrons. The zero-order chi connectivity index (χ0) is 14.5. The molecule has 0 bridgehead atoms. The fraction of sp³-hybridized carbons (Fsp3) is 0.562. The lowest BCUT2D eigenvalue weighted by Gasteiger charge is -2.34. The monoisotopic (exact) mass is 279 g/mol. The number of carbonyl (C=O) groups is 1. The van der Waals surface area contributed by atoms with Gasteiger partial charge in [0.15, 0.2) is 5.78 Å². The van der Waals surface area contributed by atoms with Crippen molar-refractivity contribution in [2.75, 3.05) is 24.6 Å². The van der Waals surface area contributed by atoms with Gasteiger partial charge in [-0.3, -0.25) is 4.79 Å². The van der Waals surface area contributed by atoms with Gasteiger partial charge in [0, 0.05) is 25.3 Å². The molecule has 0 N–H and O–H groups in total. The first-order valence-electron chi connectivity index (χ1n) is 7.29. The van der Waals surface area contributed by atoms with E-state index in [9.17, 15) is 9.18 Å². The van der Waals surface area contributed by atoms with Crippen LogP contribution in [0.15, 0.2) is 18.2 Å². The smallest absolute Gasteiger partial charge is 0.159 e. The SMILES string of the molecule is CCCOC1CCCN(c2ccc(C(C)=O)cc2F)C1. The van der Waals surface area contributed by atoms with Crippen LogP contribution < -0.4 is 4.90 Å².